The van der Waals surface area contributed by atoms with Crippen molar-refractivity contribution in [2.75, 3.05) is 32.7 Å². The van der Waals surface area contributed by atoms with Gasteiger partial charge in [0.2, 0.25) is 0 Å². The maximum atomic E-state index is 13.2. The van der Waals surface area contributed by atoms with E-state index in [1.165, 1.54) is 12.0 Å². The minimum Gasteiger partial charge on any atom is -0.336 e. The summed E-state index contributed by atoms with van der Waals surface area (Å²) in [4.78, 5) is 35.4. The van der Waals surface area contributed by atoms with Gasteiger partial charge in [0.25, 0.3) is 11.5 Å². The van der Waals surface area contributed by atoms with E-state index in [0.29, 0.717) is 29.6 Å². The Bertz CT molecular complexity index is 1240. The van der Waals surface area contributed by atoms with E-state index in [1.54, 1.807) is 12.1 Å². The number of nitrogens with zero attached hydrogens (tertiary/aromatic N) is 4. The SMILES string of the molecule is O=C(c1ccc2c(=O)n3c(nc2c1)CCCCCC3)N1CCN(C/C=C/c2ccccc2)CC1. The van der Waals surface area contributed by atoms with Crippen LogP contribution in [0.25, 0.3) is 17.0 Å². The van der Waals surface area contributed by atoms with Crippen molar-refractivity contribution in [2.45, 2.75) is 38.6 Å². The molecular formula is C28H32N4O2. The summed E-state index contributed by atoms with van der Waals surface area (Å²) in [5, 5.41) is 0.607. The van der Waals surface area contributed by atoms with Gasteiger partial charge in [-0.3, -0.25) is 19.1 Å². The third kappa shape index (κ3) is 4.97. The number of rotatable bonds is 4. The Morgan fingerprint density at radius 3 is 2.53 bits per heavy atom. The fourth-order valence-corrected chi connectivity index (χ4v) is 4.95. The number of benzene rings is 2. The summed E-state index contributed by atoms with van der Waals surface area (Å²) < 4.78 is 1.84. The van der Waals surface area contributed by atoms with Crippen molar-refractivity contribution in [1.29, 1.82) is 0 Å². The molecule has 1 fully saturated rings. The van der Waals surface area contributed by atoms with Crippen molar-refractivity contribution in [1.82, 2.24) is 19.4 Å². The molecule has 3 aromatic rings. The maximum Gasteiger partial charge on any atom is 0.261 e. The highest BCUT2D eigenvalue weighted by Gasteiger charge is 2.22. The number of aromatic nitrogens is 2. The first-order chi connectivity index (χ1) is 16.7. The number of hydrogen-bond acceptors (Lipinski definition) is 4. The molecule has 0 spiro atoms. The fraction of sp³-hybridized carbons (Fsp3) is 0.393. The molecule has 0 radical (unpaired) electrons. The first kappa shape index (κ1) is 22.5. The van der Waals surface area contributed by atoms with Crippen LogP contribution in [-0.4, -0.2) is 58.0 Å². The third-order valence-corrected chi connectivity index (χ3v) is 6.95. The van der Waals surface area contributed by atoms with Crippen LogP contribution >= 0.6 is 0 Å². The summed E-state index contributed by atoms with van der Waals surface area (Å²) in [5.74, 6) is 0.883. The Balaban J connectivity index is 1.25. The van der Waals surface area contributed by atoms with Gasteiger partial charge < -0.3 is 4.90 Å². The van der Waals surface area contributed by atoms with Gasteiger partial charge in [0.1, 0.15) is 5.82 Å². The molecule has 0 aliphatic carbocycles. The van der Waals surface area contributed by atoms with E-state index in [4.69, 9.17) is 4.98 Å². The number of aryl methyl sites for hydroxylation is 1. The highest BCUT2D eigenvalue weighted by molar-refractivity contribution is 5.97. The standard InChI is InChI=1S/C28H32N4O2/c33-27(31-19-17-30(18-20-31)15-8-11-22-9-4-3-5-10-22)23-13-14-24-25(21-23)29-26-12-6-1-2-7-16-32(26)28(24)34/h3-5,8-11,13-14,21H,1-2,6-7,12,15-20H2/b11-8+. The van der Waals surface area contributed by atoms with Crippen molar-refractivity contribution in [2.24, 2.45) is 0 Å². The van der Waals surface area contributed by atoms with Crippen LogP contribution in [-0.2, 0) is 13.0 Å². The molecular weight excluding hydrogens is 424 g/mol. The maximum absolute atomic E-state index is 13.2. The summed E-state index contributed by atoms with van der Waals surface area (Å²) in [6, 6.07) is 15.7. The average molecular weight is 457 g/mol. The lowest BCUT2D eigenvalue weighted by atomic mass is 10.1. The zero-order valence-corrected chi connectivity index (χ0v) is 19.7. The molecule has 176 valence electrons. The van der Waals surface area contributed by atoms with Crippen molar-refractivity contribution in [3.8, 4) is 0 Å². The van der Waals surface area contributed by atoms with Crippen LogP contribution < -0.4 is 5.56 Å². The van der Waals surface area contributed by atoms with Crippen LogP contribution in [0, 0.1) is 0 Å². The number of fused-ring (bicyclic) bond motifs is 2. The molecule has 6 heteroatoms. The molecule has 1 aromatic heterocycles. The second-order valence-corrected chi connectivity index (χ2v) is 9.29. The van der Waals surface area contributed by atoms with Crippen molar-refractivity contribution in [3.05, 3.63) is 81.9 Å². The fourth-order valence-electron chi connectivity index (χ4n) is 4.95. The number of carbonyl (C=O) groups excluding carboxylic acids is 1. The van der Waals surface area contributed by atoms with Gasteiger partial charge in [-0.15, -0.1) is 0 Å². The molecule has 3 heterocycles. The van der Waals surface area contributed by atoms with Gasteiger partial charge >= 0.3 is 0 Å². The minimum atomic E-state index is 0.0232. The van der Waals surface area contributed by atoms with Crippen molar-refractivity contribution in [3.63, 3.8) is 0 Å². The Kier molecular flexibility index (Phi) is 6.86. The lowest BCUT2D eigenvalue weighted by Gasteiger charge is -2.34. The summed E-state index contributed by atoms with van der Waals surface area (Å²) in [6.07, 6.45) is 9.57. The quantitative estimate of drug-likeness (QED) is 0.596. The second kappa shape index (κ2) is 10.3. The third-order valence-electron chi connectivity index (χ3n) is 6.95. The molecule has 2 aromatic carbocycles. The van der Waals surface area contributed by atoms with Crippen LogP contribution in [0.2, 0.25) is 0 Å². The lowest BCUT2D eigenvalue weighted by molar-refractivity contribution is 0.0650. The lowest BCUT2D eigenvalue weighted by Crippen LogP contribution is -2.48. The smallest absolute Gasteiger partial charge is 0.261 e. The van der Waals surface area contributed by atoms with E-state index in [1.807, 2.05) is 33.7 Å². The van der Waals surface area contributed by atoms with Gasteiger partial charge in [0.05, 0.1) is 10.9 Å². The highest BCUT2D eigenvalue weighted by atomic mass is 16.2. The van der Waals surface area contributed by atoms with Crippen molar-refractivity contribution < 1.29 is 4.79 Å². The number of carbonyl (C=O) groups is 1. The Morgan fingerprint density at radius 2 is 1.71 bits per heavy atom. The molecule has 6 nitrogen and oxygen atoms in total. The molecule has 2 aliphatic heterocycles. The Labute approximate surface area is 200 Å². The van der Waals surface area contributed by atoms with E-state index in [-0.39, 0.29) is 11.5 Å². The topological polar surface area (TPSA) is 58.4 Å². The average Bonchev–Trinajstić information content (AvgIpc) is 2.86. The van der Waals surface area contributed by atoms with Gasteiger partial charge in [-0.25, -0.2) is 4.98 Å². The van der Waals surface area contributed by atoms with Crippen LogP contribution in [0.5, 0.6) is 0 Å². The van der Waals surface area contributed by atoms with E-state index < -0.39 is 0 Å². The van der Waals surface area contributed by atoms with Crippen LogP contribution in [0.1, 0.15) is 47.4 Å². The van der Waals surface area contributed by atoms with Gasteiger partial charge in [0, 0.05) is 51.3 Å². The minimum absolute atomic E-state index is 0.0232. The predicted octanol–water partition coefficient (Wildman–Crippen LogP) is 3.98. The van der Waals surface area contributed by atoms with E-state index in [0.717, 1.165) is 57.7 Å². The molecule has 0 N–H and O–H groups in total. The Hall–Kier alpha value is -3.25. The first-order valence-electron chi connectivity index (χ1n) is 12.5. The largest absolute Gasteiger partial charge is 0.336 e. The summed E-state index contributed by atoms with van der Waals surface area (Å²) in [6.45, 7) is 4.73. The number of piperazine rings is 1. The normalized spacial score (nSPS) is 17.5. The summed E-state index contributed by atoms with van der Waals surface area (Å²) in [5.41, 5.74) is 2.49. The molecule has 1 amide bonds. The molecule has 2 aliphatic rings. The van der Waals surface area contributed by atoms with Crippen LogP contribution in [0.4, 0.5) is 0 Å². The molecule has 0 unspecified atom stereocenters. The molecule has 5 rings (SSSR count). The first-order valence-corrected chi connectivity index (χ1v) is 12.5. The van der Waals surface area contributed by atoms with Crippen LogP contribution in [0.15, 0.2) is 59.4 Å². The monoisotopic (exact) mass is 456 g/mol. The van der Waals surface area contributed by atoms with E-state index >= 15 is 0 Å². The molecule has 0 atom stereocenters. The van der Waals surface area contributed by atoms with E-state index in [2.05, 4.69) is 29.2 Å². The van der Waals surface area contributed by atoms with Crippen LogP contribution in [0.3, 0.4) is 0 Å². The molecule has 34 heavy (non-hydrogen) atoms. The highest BCUT2D eigenvalue weighted by Crippen LogP contribution is 2.18. The summed E-state index contributed by atoms with van der Waals surface area (Å²) in [7, 11) is 0. The second-order valence-electron chi connectivity index (χ2n) is 9.29. The molecule has 0 saturated carbocycles. The predicted molar refractivity (Wildman–Crippen MR) is 136 cm³/mol. The number of hydrogen-bond donors (Lipinski definition) is 0. The zero-order chi connectivity index (χ0) is 23.3. The van der Waals surface area contributed by atoms with Gasteiger partial charge in [-0.1, -0.05) is 55.3 Å². The summed E-state index contributed by atoms with van der Waals surface area (Å²) >= 11 is 0. The van der Waals surface area contributed by atoms with Gasteiger partial charge in [-0.2, -0.15) is 0 Å². The number of amides is 1. The Morgan fingerprint density at radius 1 is 0.912 bits per heavy atom. The van der Waals surface area contributed by atoms with Crippen molar-refractivity contribution >= 4 is 22.9 Å². The van der Waals surface area contributed by atoms with Gasteiger partial charge in [0.15, 0.2) is 0 Å². The molecule has 0 bridgehead atoms. The molecule has 1 saturated heterocycles. The van der Waals surface area contributed by atoms with Gasteiger partial charge in [-0.05, 0) is 36.6 Å². The van der Waals surface area contributed by atoms with E-state index in [9.17, 15) is 9.59 Å². The zero-order valence-electron chi connectivity index (χ0n) is 19.7.